The van der Waals surface area contributed by atoms with Crippen molar-refractivity contribution in [3.8, 4) is 0 Å². The van der Waals surface area contributed by atoms with Gasteiger partial charge in [0.15, 0.2) is 0 Å². The molecule has 0 unspecified atom stereocenters. The van der Waals surface area contributed by atoms with Gasteiger partial charge in [0.25, 0.3) is 0 Å². The van der Waals surface area contributed by atoms with E-state index in [4.69, 9.17) is 5.11 Å². The average Bonchev–Trinajstić information content (AvgIpc) is 2.44. The summed E-state index contributed by atoms with van der Waals surface area (Å²) in [5.41, 5.74) is 0.556. The minimum absolute atomic E-state index is 0. The maximum Gasteiger partial charge on any atom is 0.303 e. The van der Waals surface area contributed by atoms with Crippen LogP contribution in [0.3, 0.4) is 0 Å². The number of anilines is 1. The first kappa shape index (κ1) is 21.3. The normalized spacial score (nSPS) is 10.5. The van der Waals surface area contributed by atoms with Gasteiger partial charge in [-0.05, 0) is 57.5 Å². The molecular weight excluding hydrogens is 323 g/mol. The van der Waals surface area contributed by atoms with E-state index in [1.807, 2.05) is 18.7 Å². The zero-order chi connectivity index (χ0) is 16.5. The number of carbonyl (C=O) groups excluding carboxylic acids is 1. The largest absolute Gasteiger partial charge is 0.481 e. The van der Waals surface area contributed by atoms with Crippen LogP contribution in [0, 0.1) is 5.82 Å². The summed E-state index contributed by atoms with van der Waals surface area (Å²) in [6.45, 7) is 4.87. The highest BCUT2D eigenvalue weighted by molar-refractivity contribution is 5.92. The second-order valence-corrected chi connectivity index (χ2v) is 5.47. The average molecular weight is 347 g/mol. The lowest BCUT2D eigenvalue weighted by Gasteiger charge is -2.25. The molecule has 0 radical (unpaired) electrons. The number of aliphatic carboxylic acids is 1. The summed E-state index contributed by atoms with van der Waals surface area (Å²) >= 11 is 0. The number of hydrogen-bond donors (Lipinski definition) is 2. The lowest BCUT2D eigenvalue weighted by molar-refractivity contribution is -0.137. The van der Waals surface area contributed by atoms with Gasteiger partial charge in [0.05, 0.1) is 6.54 Å². The van der Waals surface area contributed by atoms with Crippen molar-refractivity contribution in [1.82, 2.24) is 4.90 Å². The van der Waals surface area contributed by atoms with E-state index in [-0.39, 0.29) is 43.1 Å². The number of benzene rings is 1. The van der Waals surface area contributed by atoms with Crippen LogP contribution < -0.4 is 5.32 Å². The Hall–Kier alpha value is -1.66. The minimum atomic E-state index is -0.801. The first-order chi connectivity index (χ1) is 10.4. The van der Waals surface area contributed by atoms with Crippen molar-refractivity contribution in [3.05, 3.63) is 30.1 Å². The summed E-state index contributed by atoms with van der Waals surface area (Å²) in [4.78, 5) is 24.5. The van der Waals surface area contributed by atoms with Crippen molar-refractivity contribution >= 4 is 30.0 Å². The third kappa shape index (κ3) is 9.15. The van der Waals surface area contributed by atoms with Crippen molar-refractivity contribution in [3.63, 3.8) is 0 Å². The molecule has 130 valence electrons. The highest BCUT2D eigenvalue weighted by Crippen LogP contribution is 2.09. The van der Waals surface area contributed by atoms with Gasteiger partial charge in [-0.25, -0.2) is 4.39 Å². The van der Waals surface area contributed by atoms with Crippen LogP contribution in [0.2, 0.25) is 0 Å². The Bertz CT molecular complexity index is 495. The van der Waals surface area contributed by atoms with Gasteiger partial charge in [-0.2, -0.15) is 0 Å². The molecule has 0 spiro atoms. The van der Waals surface area contributed by atoms with E-state index in [0.717, 1.165) is 6.42 Å². The molecule has 0 aliphatic carbocycles. The fourth-order valence-electron chi connectivity index (χ4n) is 2.03. The third-order valence-electron chi connectivity index (χ3n) is 3.29. The number of halogens is 2. The molecule has 0 atom stereocenters. The molecule has 23 heavy (non-hydrogen) atoms. The van der Waals surface area contributed by atoms with Crippen LogP contribution >= 0.6 is 12.4 Å². The van der Waals surface area contributed by atoms with Crippen LogP contribution in [0.15, 0.2) is 24.3 Å². The Kier molecular flexibility index (Phi) is 10.2. The van der Waals surface area contributed by atoms with Crippen molar-refractivity contribution < 1.29 is 19.1 Å². The molecule has 0 saturated heterocycles. The molecule has 1 aromatic rings. The maximum atomic E-state index is 12.8. The summed E-state index contributed by atoms with van der Waals surface area (Å²) in [5.74, 6) is -1.32. The zero-order valence-corrected chi connectivity index (χ0v) is 14.2. The lowest BCUT2D eigenvalue weighted by Crippen LogP contribution is -2.38. The summed E-state index contributed by atoms with van der Waals surface area (Å²) < 4.78 is 12.8. The Balaban J connectivity index is 0.00000484. The summed E-state index contributed by atoms with van der Waals surface area (Å²) in [6.07, 6.45) is 1.47. The van der Waals surface area contributed by atoms with E-state index in [0.29, 0.717) is 18.7 Å². The van der Waals surface area contributed by atoms with Crippen molar-refractivity contribution in [1.29, 1.82) is 0 Å². The number of unbranched alkanes of at least 4 members (excludes halogenated alkanes) is 1. The number of nitrogens with zero attached hydrogens (tertiary/aromatic N) is 1. The molecule has 0 heterocycles. The summed E-state index contributed by atoms with van der Waals surface area (Å²) in [5, 5.41) is 11.3. The highest BCUT2D eigenvalue weighted by atomic mass is 35.5. The monoisotopic (exact) mass is 346 g/mol. The zero-order valence-electron chi connectivity index (χ0n) is 13.4. The molecule has 2 N–H and O–H groups in total. The van der Waals surface area contributed by atoms with Gasteiger partial charge in [-0.1, -0.05) is 0 Å². The van der Waals surface area contributed by atoms with Crippen LogP contribution in [0.4, 0.5) is 10.1 Å². The molecule has 1 rings (SSSR count). The molecule has 1 amide bonds. The van der Waals surface area contributed by atoms with Gasteiger partial charge in [0.2, 0.25) is 5.91 Å². The summed E-state index contributed by atoms with van der Waals surface area (Å²) in [7, 11) is 0. The van der Waals surface area contributed by atoms with Crippen LogP contribution in [-0.2, 0) is 9.59 Å². The Morgan fingerprint density at radius 2 is 1.83 bits per heavy atom. The summed E-state index contributed by atoms with van der Waals surface area (Å²) in [6, 6.07) is 5.80. The Labute approximate surface area is 142 Å². The van der Waals surface area contributed by atoms with Crippen LogP contribution in [0.25, 0.3) is 0 Å². The molecule has 0 aliphatic rings. The minimum Gasteiger partial charge on any atom is -0.481 e. The number of rotatable bonds is 9. The second kappa shape index (κ2) is 11.0. The fourth-order valence-corrected chi connectivity index (χ4v) is 2.03. The van der Waals surface area contributed by atoms with E-state index in [1.165, 1.54) is 24.3 Å². The van der Waals surface area contributed by atoms with Crippen molar-refractivity contribution in [2.45, 2.75) is 39.2 Å². The van der Waals surface area contributed by atoms with E-state index < -0.39 is 5.97 Å². The molecule has 1 aromatic carbocycles. The molecule has 7 heteroatoms. The van der Waals surface area contributed by atoms with Gasteiger partial charge in [-0.3, -0.25) is 14.5 Å². The topological polar surface area (TPSA) is 69.6 Å². The SMILES string of the molecule is CC(C)N(CCCCC(=O)O)CC(=O)Nc1ccc(F)cc1.Cl. The first-order valence-electron chi connectivity index (χ1n) is 7.39. The Morgan fingerprint density at radius 1 is 1.22 bits per heavy atom. The van der Waals surface area contributed by atoms with Crippen LogP contribution in [-0.4, -0.2) is 41.0 Å². The van der Waals surface area contributed by atoms with E-state index in [1.54, 1.807) is 0 Å². The number of carboxylic acids is 1. The van der Waals surface area contributed by atoms with E-state index in [9.17, 15) is 14.0 Å². The number of carboxylic acid groups (broad SMARTS) is 1. The smallest absolute Gasteiger partial charge is 0.303 e. The number of amides is 1. The molecular formula is C16H24ClFN2O3. The van der Waals surface area contributed by atoms with E-state index in [2.05, 4.69) is 5.32 Å². The molecule has 0 aliphatic heterocycles. The third-order valence-corrected chi connectivity index (χ3v) is 3.29. The standard InChI is InChI=1S/C16H23FN2O3.ClH/c1-12(2)19(10-4-3-5-16(21)22)11-15(20)18-14-8-6-13(17)7-9-14;/h6-9,12H,3-5,10-11H2,1-2H3,(H,18,20)(H,21,22);1H. The molecule has 0 saturated carbocycles. The molecule has 5 nitrogen and oxygen atoms in total. The molecule has 0 aromatic heterocycles. The van der Waals surface area contributed by atoms with Crippen LogP contribution in [0.1, 0.15) is 33.1 Å². The first-order valence-corrected chi connectivity index (χ1v) is 7.39. The van der Waals surface area contributed by atoms with Gasteiger partial charge in [0.1, 0.15) is 5.82 Å². The molecule has 0 fully saturated rings. The van der Waals surface area contributed by atoms with Gasteiger partial charge in [0, 0.05) is 18.2 Å². The predicted molar refractivity (Wildman–Crippen MR) is 90.5 cm³/mol. The maximum absolute atomic E-state index is 12.8. The highest BCUT2D eigenvalue weighted by Gasteiger charge is 2.14. The van der Waals surface area contributed by atoms with Crippen molar-refractivity contribution in [2.24, 2.45) is 0 Å². The molecule has 0 bridgehead atoms. The van der Waals surface area contributed by atoms with Crippen LogP contribution in [0.5, 0.6) is 0 Å². The fraction of sp³-hybridized carbons (Fsp3) is 0.500. The number of hydrogen-bond acceptors (Lipinski definition) is 3. The Morgan fingerprint density at radius 3 is 2.35 bits per heavy atom. The van der Waals surface area contributed by atoms with Crippen molar-refractivity contribution in [2.75, 3.05) is 18.4 Å². The predicted octanol–water partition coefficient (Wildman–Crippen LogP) is 3.15. The second-order valence-electron chi connectivity index (χ2n) is 5.47. The quantitative estimate of drug-likeness (QED) is 0.674. The van der Waals surface area contributed by atoms with Gasteiger partial charge in [-0.15, -0.1) is 12.4 Å². The number of nitrogens with one attached hydrogen (secondary N) is 1. The lowest BCUT2D eigenvalue weighted by atomic mass is 10.2. The van der Waals surface area contributed by atoms with Gasteiger partial charge < -0.3 is 10.4 Å². The van der Waals surface area contributed by atoms with Gasteiger partial charge >= 0.3 is 5.97 Å². The van der Waals surface area contributed by atoms with E-state index >= 15 is 0 Å². The number of carbonyl (C=O) groups is 2.